The Morgan fingerprint density at radius 1 is 1.25 bits per heavy atom. The number of nitriles is 1. The number of fused-ring (bicyclic) bond motifs is 1. The second-order valence-electron chi connectivity index (χ2n) is 6.90. The van der Waals surface area contributed by atoms with Gasteiger partial charge in [0.1, 0.15) is 5.82 Å². The molecule has 0 N–H and O–H groups in total. The number of para-hydroxylation sites is 1. The molecule has 1 saturated heterocycles. The Kier molecular flexibility index (Phi) is 5.10. The summed E-state index contributed by atoms with van der Waals surface area (Å²) in [6.45, 7) is 2.55. The van der Waals surface area contributed by atoms with Gasteiger partial charge in [-0.3, -0.25) is 9.69 Å². The zero-order valence-electron chi connectivity index (χ0n) is 15.6. The number of hydrogen-bond donors (Lipinski definition) is 0. The van der Waals surface area contributed by atoms with Crippen LogP contribution in [-0.2, 0) is 11.2 Å². The SMILES string of the molecule is CCc1ccccc1N1CSC2=C(C#N)[C@@H](c3cccc(F)c3)CC(=O)N2C1. The number of carbonyl (C=O) groups excluding carboxylic acids is 1. The molecule has 2 aromatic rings. The Bertz CT molecular complexity index is 997. The number of hydrogen-bond acceptors (Lipinski definition) is 4. The third kappa shape index (κ3) is 3.27. The van der Waals surface area contributed by atoms with Gasteiger partial charge in [0, 0.05) is 18.0 Å². The maximum Gasteiger partial charge on any atom is 0.229 e. The first-order valence-corrected chi connectivity index (χ1v) is 10.3. The van der Waals surface area contributed by atoms with E-state index in [1.165, 1.54) is 29.5 Å². The molecule has 0 saturated carbocycles. The van der Waals surface area contributed by atoms with Gasteiger partial charge in [-0.05, 0) is 35.7 Å². The van der Waals surface area contributed by atoms with Crippen molar-refractivity contribution in [2.24, 2.45) is 0 Å². The molecule has 0 aliphatic carbocycles. The Morgan fingerprint density at radius 2 is 2.07 bits per heavy atom. The number of aryl methyl sites for hydroxylation is 1. The van der Waals surface area contributed by atoms with E-state index in [1.807, 2.05) is 12.1 Å². The van der Waals surface area contributed by atoms with Crippen LogP contribution in [0.2, 0.25) is 0 Å². The molecule has 2 aromatic carbocycles. The molecule has 0 unspecified atom stereocenters. The van der Waals surface area contributed by atoms with Crippen molar-refractivity contribution in [2.75, 3.05) is 17.4 Å². The molecule has 0 bridgehead atoms. The van der Waals surface area contributed by atoms with E-state index in [4.69, 9.17) is 0 Å². The number of allylic oxidation sites excluding steroid dienone is 1. The molecule has 4 nitrogen and oxygen atoms in total. The largest absolute Gasteiger partial charge is 0.343 e. The number of nitrogens with zero attached hydrogens (tertiary/aromatic N) is 3. The monoisotopic (exact) mass is 393 g/mol. The van der Waals surface area contributed by atoms with Crippen LogP contribution in [0.15, 0.2) is 59.1 Å². The van der Waals surface area contributed by atoms with Gasteiger partial charge < -0.3 is 4.90 Å². The van der Waals surface area contributed by atoms with Crippen LogP contribution < -0.4 is 4.90 Å². The highest BCUT2D eigenvalue weighted by Crippen LogP contribution is 2.43. The summed E-state index contributed by atoms with van der Waals surface area (Å²) in [4.78, 5) is 16.8. The van der Waals surface area contributed by atoms with Crippen molar-refractivity contribution in [3.8, 4) is 6.07 Å². The smallest absolute Gasteiger partial charge is 0.229 e. The van der Waals surface area contributed by atoms with Gasteiger partial charge in [-0.15, -0.1) is 0 Å². The van der Waals surface area contributed by atoms with E-state index >= 15 is 0 Å². The lowest BCUT2D eigenvalue weighted by atomic mass is 9.86. The third-order valence-corrected chi connectivity index (χ3v) is 6.41. The van der Waals surface area contributed by atoms with Crippen molar-refractivity contribution in [2.45, 2.75) is 25.7 Å². The topological polar surface area (TPSA) is 47.3 Å². The number of amides is 1. The van der Waals surface area contributed by atoms with Crippen molar-refractivity contribution < 1.29 is 9.18 Å². The summed E-state index contributed by atoms with van der Waals surface area (Å²) in [6.07, 6.45) is 1.10. The summed E-state index contributed by atoms with van der Waals surface area (Å²) in [5.74, 6) is -0.110. The van der Waals surface area contributed by atoms with Crippen LogP contribution in [0, 0.1) is 17.1 Å². The third-order valence-electron chi connectivity index (χ3n) is 5.26. The van der Waals surface area contributed by atoms with E-state index in [9.17, 15) is 14.4 Å². The minimum atomic E-state index is -0.388. The van der Waals surface area contributed by atoms with Crippen molar-refractivity contribution in [1.82, 2.24) is 4.90 Å². The van der Waals surface area contributed by atoms with E-state index in [0.29, 0.717) is 28.7 Å². The second kappa shape index (κ2) is 7.69. The molecular weight excluding hydrogens is 373 g/mol. The lowest BCUT2D eigenvalue weighted by molar-refractivity contribution is -0.129. The maximum absolute atomic E-state index is 13.7. The number of benzene rings is 2. The van der Waals surface area contributed by atoms with Gasteiger partial charge in [-0.1, -0.05) is 49.0 Å². The minimum absolute atomic E-state index is 0.0329. The molecule has 4 rings (SSSR count). The highest BCUT2D eigenvalue weighted by molar-refractivity contribution is 8.03. The van der Waals surface area contributed by atoms with Gasteiger partial charge >= 0.3 is 0 Å². The zero-order valence-corrected chi connectivity index (χ0v) is 16.4. The predicted octanol–water partition coefficient (Wildman–Crippen LogP) is 4.61. The Balaban J connectivity index is 1.68. The van der Waals surface area contributed by atoms with Crippen LogP contribution >= 0.6 is 11.8 Å². The van der Waals surface area contributed by atoms with E-state index < -0.39 is 0 Å². The second-order valence-corrected chi connectivity index (χ2v) is 7.83. The Morgan fingerprint density at radius 3 is 2.82 bits per heavy atom. The van der Waals surface area contributed by atoms with Gasteiger partial charge in [0.15, 0.2) is 0 Å². The standard InChI is InChI=1S/C22H20FN3OS/c1-2-15-6-3-4-9-20(15)25-13-26-21(27)11-18(16-7-5-8-17(23)10-16)19(12-24)22(26)28-14-25/h3-10,18H,2,11,13-14H2,1H3/t18-/m1/s1. The summed E-state index contributed by atoms with van der Waals surface area (Å²) in [5.41, 5.74) is 3.59. The Labute approximate surface area is 168 Å². The number of thioether (sulfide) groups is 1. The fourth-order valence-corrected chi connectivity index (χ4v) is 5.00. The Hall–Kier alpha value is -2.78. The number of rotatable bonds is 3. The molecule has 0 spiro atoms. The fraction of sp³-hybridized carbons (Fsp3) is 0.273. The maximum atomic E-state index is 13.7. The molecular formula is C22H20FN3OS. The lowest BCUT2D eigenvalue weighted by Gasteiger charge is -2.42. The predicted molar refractivity (Wildman–Crippen MR) is 109 cm³/mol. The van der Waals surface area contributed by atoms with Gasteiger partial charge in [-0.25, -0.2) is 4.39 Å². The molecule has 28 heavy (non-hydrogen) atoms. The molecule has 1 atom stereocenters. The molecule has 2 heterocycles. The van der Waals surface area contributed by atoms with Crippen LogP contribution in [0.25, 0.3) is 0 Å². The van der Waals surface area contributed by atoms with Gasteiger partial charge in [0.25, 0.3) is 0 Å². The van der Waals surface area contributed by atoms with Gasteiger partial charge in [0.05, 0.1) is 29.2 Å². The average Bonchev–Trinajstić information content (AvgIpc) is 2.73. The fourth-order valence-electron chi connectivity index (χ4n) is 3.84. The molecule has 0 aromatic heterocycles. The summed E-state index contributed by atoms with van der Waals surface area (Å²) in [7, 11) is 0. The van der Waals surface area contributed by atoms with Crippen LogP contribution in [0.3, 0.4) is 0 Å². The van der Waals surface area contributed by atoms with E-state index in [0.717, 1.165) is 12.1 Å². The quantitative estimate of drug-likeness (QED) is 0.764. The first-order valence-electron chi connectivity index (χ1n) is 9.28. The molecule has 1 amide bonds. The number of halogens is 1. The highest BCUT2D eigenvalue weighted by atomic mass is 32.2. The van der Waals surface area contributed by atoms with Crippen molar-refractivity contribution in [3.05, 3.63) is 76.1 Å². The van der Waals surface area contributed by atoms with Crippen molar-refractivity contribution >= 4 is 23.4 Å². The van der Waals surface area contributed by atoms with Crippen LogP contribution in [0.4, 0.5) is 10.1 Å². The molecule has 2 aliphatic rings. The van der Waals surface area contributed by atoms with E-state index in [2.05, 4.69) is 30.0 Å². The van der Waals surface area contributed by atoms with E-state index in [1.54, 1.807) is 17.0 Å². The molecule has 6 heteroatoms. The van der Waals surface area contributed by atoms with Crippen LogP contribution in [0.5, 0.6) is 0 Å². The number of carbonyl (C=O) groups is 1. The van der Waals surface area contributed by atoms with Crippen LogP contribution in [-0.4, -0.2) is 23.4 Å². The molecule has 1 fully saturated rings. The van der Waals surface area contributed by atoms with Crippen molar-refractivity contribution in [3.63, 3.8) is 0 Å². The van der Waals surface area contributed by atoms with Crippen LogP contribution in [0.1, 0.15) is 30.4 Å². The summed E-state index contributed by atoms with van der Waals surface area (Å²) in [5, 5.41) is 10.5. The first-order chi connectivity index (χ1) is 13.6. The highest BCUT2D eigenvalue weighted by Gasteiger charge is 2.38. The molecule has 0 radical (unpaired) electrons. The first kappa shape index (κ1) is 18.6. The number of anilines is 1. The minimum Gasteiger partial charge on any atom is -0.343 e. The summed E-state index contributed by atoms with van der Waals surface area (Å²) < 4.78 is 13.7. The zero-order chi connectivity index (χ0) is 19.7. The normalized spacial score (nSPS) is 19.5. The van der Waals surface area contributed by atoms with Gasteiger partial charge in [0.2, 0.25) is 5.91 Å². The molecule has 2 aliphatic heterocycles. The average molecular weight is 393 g/mol. The van der Waals surface area contributed by atoms with Crippen molar-refractivity contribution in [1.29, 1.82) is 5.26 Å². The lowest BCUT2D eigenvalue weighted by Crippen LogP contribution is -2.47. The molecule has 142 valence electrons. The van der Waals surface area contributed by atoms with E-state index in [-0.39, 0.29) is 24.1 Å². The summed E-state index contributed by atoms with van der Waals surface area (Å²) >= 11 is 1.50. The van der Waals surface area contributed by atoms with Gasteiger partial charge in [-0.2, -0.15) is 5.26 Å². The summed E-state index contributed by atoms with van der Waals surface area (Å²) in [6, 6.07) is 16.7.